The van der Waals surface area contributed by atoms with E-state index in [4.69, 9.17) is 16.6 Å². The number of anilines is 2. The van der Waals surface area contributed by atoms with Crippen molar-refractivity contribution in [3.8, 4) is 11.3 Å². The van der Waals surface area contributed by atoms with Crippen LogP contribution in [0.25, 0.3) is 11.3 Å². The van der Waals surface area contributed by atoms with E-state index in [1.54, 1.807) is 18.3 Å². The summed E-state index contributed by atoms with van der Waals surface area (Å²) in [5.74, 6) is -0.0929. The van der Waals surface area contributed by atoms with Crippen LogP contribution >= 0.6 is 11.6 Å². The average Bonchev–Trinajstić information content (AvgIpc) is 3.34. The fourth-order valence-electron chi connectivity index (χ4n) is 5.55. The van der Waals surface area contributed by atoms with Crippen LogP contribution in [0.1, 0.15) is 42.3 Å². The zero-order valence-corrected chi connectivity index (χ0v) is 23.5. The normalized spacial score (nSPS) is 19.5. The third-order valence-corrected chi connectivity index (χ3v) is 8.12. The molecule has 0 spiro atoms. The summed E-state index contributed by atoms with van der Waals surface area (Å²) in [4.78, 5) is 24.4. The van der Waals surface area contributed by atoms with Crippen molar-refractivity contribution in [2.45, 2.75) is 52.6 Å². The number of hydrogen-bond donors (Lipinski definition) is 3. The minimum Gasteiger partial charge on any atom is -0.481 e. The SMILES string of the molecule is Cc1cc(Nc2cc(-c3ccccn3)c(C)c(C[C@@]3(C(=O)O)CCN(Cc4cccc(Cl)c4F)[C@H](C)C3)n2)n[nH]1. The van der Waals surface area contributed by atoms with Crippen molar-refractivity contribution in [2.75, 3.05) is 11.9 Å². The van der Waals surface area contributed by atoms with Gasteiger partial charge in [0.1, 0.15) is 11.6 Å². The van der Waals surface area contributed by atoms with Crippen LogP contribution in [0.2, 0.25) is 5.02 Å². The molecule has 1 aliphatic rings. The van der Waals surface area contributed by atoms with Gasteiger partial charge in [-0.2, -0.15) is 5.10 Å². The standard InChI is InChI=1S/C30H32ClFN6O2/c1-18-13-27(37-36-18)35-26-14-22(24-9-4-5-11-33-24)20(3)25(34-26)16-30(29(39)40)10-12-38(19(2)15-30)17-21-7-6-8-23(31)28(21)32/h4-9,11,13-14,19H,10,12,15-17H2,1-3H3,(H,39,40)(H2,34,35,36,37)/t19-,30-/m1/s1. The van der Waals surface area contributed by atoms with Gasteiger partial charge in [-0.1, -0.05) is 29.8 Å². The lowest BCUT2D eigenvalue weighted by Crippen LogP contribution is -2.49. The Kier molecular flexibility index (Phi) is 7.87. The Morgan fingerprint density at radius 1 is 1.23 bits per heavy atom. The molecule has 3 N–H and O–H groups in total. The van der Waals surface area contributed by atoms with Crippen LogP contribution in [0.3, 0.4) is 0 Å². The van der Waals surface area contributed by atoms with Crippen molar-refractivity contribution >= 4 is 29.2 Å². The van der Waals surface area contributed by atoms with Gasteiger partial charge < -0.3 is 10.4 Å². The molecular weight excluding hydrogens is 531 g/mol. The van der Waals surface area contributed by atoms with Crippen LogP contribution < -0.4 is 5.32 Å². The summed E-state index contributed by atoms with van der Waals surface area (Å²) < 4.78 is 14.6. The highest BCUT2D eigenvalue weighted by Crippen LogP contribution is 2.41. The van der Waals surface area contributed by atoms with Crippen molar-refractivity contribution < 1.29 is 14.3 Å². The van der Waals surface area contributed by atoms with E-state index in [1.807, 2.05) is 51.1 Å². The number of piperidine rings is 1. The number of rotatable bonds is 8. The van der Waals surface area contributed by atoms with Gasteiger partial charge in [0.25, 0.3) is 0 Å². The highest BCUT2D eigenvalue weighted by molar-refractivity contribution is 6.30. The molecule has 0 unspecified atom stereocenters. The zero-order valence-electron chi connectivity index (χ0n) is 22.7. The maximum absolute atomic E-state index is 14.6. The monoisotopic (exact) mass is 562 g/mol. The molecule has 0 radical (unpaired) electrons. The fraction of sp³-hybridized carbons (Fsp3) is 0.333. The van der Waals surface area contributed by atoms with Gasteiger partial charge in [-0.3, -0.25) is 19.8 Å². The highest BCUT2D eigenvalue weighted by Gasteiger charge is 2.45. The summed E-state index contributed by atoms with van der Waals surface area (Å²) >= 11 is 5.99. The van der Waals surface area contributed by atoms with Gasteiger partial charge in [0, 0.05) is 53.8 Å². The predicted molar refractivity (Wildman–Crippen MR) is 153 cm³/mol. The summed E-state index contributed by atoms with van der Waals surface area (Å²) in [6, 6.07) is 14.4. The Hall–Kier alpha value is -3.82. The largest absolute Gasteiger partial charge is 0.481 e. The van der Waals surface area contributed by atoms with E-state index >= 15 is 0 Å². The lowest BCUT2D eigenvalue weighted by Gasteiger charge is -2.43. The smallest absolute Gasteiger partial charge is 0.310 e. The molecule has 0 bridgehead atoms. The topological polar surface area (TPSA) is 107 Å². The van der Waals surface area contributed by atoms with Crippen LogP contribution in [-0.4, -0.2) is 48.7 Å². The van der Waals surface area contributed by atoms with Gasteiger partial charge in [0.05, 0.1) is 16.1 Å². The number of H-pyrrole nitrogens is 1. The molecule has 1 aromatic carbocycles. The summed E-state index contributed by atoms with van der Waals surface area (Å²) in [5.41, 5.74) is 3.63. The summed E-state index contributed by atoms with van der Waals surface area (Å²) in [5, 5.41) is 21.1. The van der Waals surface area contributed by atoms with Crippen molar-refractivity contribution in [1.82, 2.24) is 25.1 Å². The number of nitrogens with one attached hydrogen (secondary N) is 2. The fourth-order valence-corrected chi connectivity index (χ4v) is 5.74. The van der Waals surface area contributed by atoms with Gasteiger partial charge in [-0.15, -0.1) is 0 Å². The number of halogens is 2. The van der Waals surface area contributed by atoms with E-state index in [1.165, 1.54) is 6.07 Å². The quantitative estimate of drug-likeness (QED) is 0.231. The Labute approximate surface area is 237 Å². The number of carboxylic acid groups (broad SMARTS) is 1. The van der Waals surface area contributed by atoms with Crippen molar-refractivity contribution in [3.05, 3.63) is 88.1 Å². The van der Waals surface area contributed by atoms with Crippen LogP contribution in [-0.2, 0) is 17.8 Å². The molecule has 5 rings (SSSR count). The molecule has 3 aromatic heterocycles. The molecule has 4 heterocycles. The minimum atomic E-state index is -1.02. The van der Waals surface area contributed by atoms with Gasteiger partial charge >= 0.3 is 5.97 Å². The molecule has 0 amide bonds. The van der Waals surface area contributed by atoms with E-state index in [9.17, 15) is 14.3 Å². The second-order valence-corrected chi connectivity index (χ2v) is 11.1. The lowest BCUT2D eigenvalue weighted by atomic mass is 9.71. The van der Waals surface area contributed by atoms with Gasteiger partial charge in [0.15, 0.2) is 5.82 Å². The maximum Gasteiger partial charge on any atom is 0.310 e. The molecule has 10 heteroatoms. The van der Waals surface area contributed by atoms with Crippen LogP contribution in [0, 0.1) is 25.1 Å². The molecule has 1 fully saturated rings. The molecule has 0 saturated carbocycles. The molecule has 8 nitrogen and oxygen atoms in total. The zero-order chi connectivity index (χ0) is 28.4. The number of pyridine rings is 2. The Morgan fingerprint density at radius 2 is 2.05 bits per heavy atom. The molecule has 1 saturated heterocycles. The Balaban J connectivity index is 1.46. The first kappa shape index (κ1) is 27.7. The van der Waals surface area contributed by atoms with Crippen LogP contribution in [0.4, 0.5) is 16.0 Å². The van der Waals surface area contributed by atoms with E-state index in [-0.39, 0.29) is 17.5 Å². The van der Waals surface area contributed by atoms with Crippen LogP contribution in [0.15, 0.2) is 54.7 Å². The number of benzene rings is 1. The second kappa shape index (κ2) is 11.3. The van der Waals surface area contributed by atoms with Gasteiger partial charge in [0.2, 0.25) is 0 Å². The van der Waals surface area contributed by atoms with Crippen molar-refractivity contribution in [1.29, 1.82) is 0 Å². The van der Waals surface area contributed by atoms with Crippen LogP contribution in [0.5, 0.6) is 0 Å². The number of aromatic amines is 1. The molecule has 4 aromatic rings. The highest BCUT2D eigenvalue weighted by atomic mass is 35.5. The predicted octanol–water partition coefficient (Wildman–Crippen LogP) is 6.32. The number of aromatic nitrogens is 4. The first-order valence-corrected chi connectivity index (χ1v) is 13.6. The first-order chi connectivity index (χ1) is 19.1. The molecule has 208 valence electrons. The lowest BCUT2D eigenvalue weighted by molar-refractivity contribution is -0.153. The minimum absolute atomic E-state index is 0.0887. The van der Waals surface area contributed by atoms with Gasteiger partial charge in [-0.25, -0.2) is 9.37 Å². The van der Waals surface area contributed by atoms with Gasteiger partial charge in [-0.05, 0) is 70.0 Å². The first-order valence-electron chi connectivity index (χ1n) is 13.3. The third kappa shape index (κ3) is 5.71. The summed E-state index contributed by atoms with van der Waals surface area (Å²) in [7, 11) is 0. The second-order valence-electron chi connectivity index (χ2n) is 10.7. The molecule has 1 aliphatic heterocycles. The number of aryl methyl sites for hydroxylation is 1. The van der Waals surface area contributed by atoms with E-state index in [0.29, 0.717) is 48.8 Å². The number of hydrogen-bond acceptors (Lipinski definition) is 6. The summed E-state index contributed by atoms with van der Waals surface area (Å²) in [6.07, 6.45) is 2.80. The maximum atomic E-state index is 14.6. The van der Waals surface area contributed by atoms with Crippen molar-refractivity contribution in [2.24, 2.45) is 5.41 Å². The summed E-state index contributed by atoms with van der Waals surface area (Å²) in [6.45, 7) is 6.75. The number of nitrogens with zero attached hydrogens (tertiary/aromatic N) is 4. The van der Waals surface area contributed by atoms with E-state index < -0.39 is 17.2 Å². The third-order valence-electron chi connectivity index (χ3n) is 7.83. The molecule has 40 heavy (non-hydrogen) atoms. The number of carbonyl (C=O) groups is 1. The molecule has 0 aliphatic carbocycles. The van der Waals surface area contributed by atoms with E-state index in [2.05, 4.69) is 25.4 Å². The Morgan fingerprint density at radius 3 is 2.73 bits per heavy atom. The Bertz CT molecular complexity index is 1530. The van der Waals surface area contributed by atoms with Crippen molar-refractivity contribution in [3.63, 3.8) is 0 Å². The molecular formula is C30H32ClFN6O2. The van der Waals surface area contributed by atoms with E-state index in [0.717, 1.165) is 22.5 Å². The molecule has 2 atom stereocenters. The number of aliphatic carboxylic acids is 1. The number of carboxylic acids is 1. The number of likely N-dealkylation sites (tertiary alicyclic amines) is 1. The average molecular weight is 563 g/mol.